The SMILES string of the molecule is C=CC(O)C(N)(C(O)C=C)C(N)(C(O)C=C)C(O)C=C. The van der Waals surface area contributed by atoms with Crippen molar-refractivity contribution < 1.29 is 20.4 Å². The Kier molecular flexibility index (Phi) is 6.49. The maximum Gasteiger partial charge on any atom is 0.0992 e. The number of hydrogen-bond donors (Lipinski definition) is 6. The van der Waals surface area contributed by atoms with Crippen LogP contribution in [0.5, 0.6) is 0 Å². The normalized spacial score (nSPS) is 23.3. The van der Waals surface area contributed by atoms with Crippen LogP contribution in [0.1, 0.15) is 0 Å². The average Bonchev–Trinajstić information content (AvgIpc) is 2.49. The topological polar surface area (TPSA) is 133 Å². The second-order valence-corrected chi connectivity index (χ2v) is 4.59. The van der Waals surface area contributed by atoms with Crippen LogP contribution in [0.3, 0.4) is 0 Å². The lowest BCUT2D eigenvalue weighted by Crippen LogP contribution is -2.83. The second-order valence-electron chi connectivity index (χ2n) is 4.59. The van der Waals surface area contributed by atoms with E-state index in [0.29, 0.717) is 0 Å². The fraction of sp³-hybridized carbons (Fsp3) is 0.429. The lowest BCUT2D eigenvalue weighted by Gasteiger charge is -2.52. The number of aliphatic hydroxyl groups is 4. The Morgan fingerprint density at radius 2 is 0.750 bits per heavy atom. The van der Waals surface area contributed by atoms with E-state index in [-0.39, 0.29) is 0 Å². The predicted molar refractivity (Wildman–Crippen MR) is 78.7 cm³/mol. The fourth-order valence-electron chi connectivity index (χ4n) is 2.15. The molecule has 0 saturated carbocycles. The molecule has 4 unspecified atom stereocenters. The van der Waals surface area contributed by atoms with E-state index in [1.54, 1.807) is 0 Å². The maximum absolute atomic E-state index is 10.1. The smallest absolute Gasteiger partial charge is 0.0992 e. The maximum atomic E-state index is 10.1. The van der Waals surface area contributed by atoms with Crippen molar-refractivity contribution in [1.29, 1.82) is 0 Å². The molecule has 0 aromatic heterocycles. The van der Waals surface area contributed by atoms with Gasteiger partial charge in [-0.2, -0.15) is 0 Å². The molecule has 0 rings (SSSR count). The lowest BCUT2D eigenvalue weighted by molar-refractivity contribution is -0.0874. The summed E-state index contributed by atoms with van der Waals surface area (Å²) in [7, 11) is 0. The molecule has 4 atom stereocenters. The molecular formula is C14H24N2O4. The van der Waals surface area contributed by atoms with Gasteiger partial charge in [-0.1, -0.05) is 24.3 Å². The summed E-state index contributed by atoms with van der Waals surface area (Å²) >= 11 is 0. The monoisotopic (exact) mass is 284 g/mol. The van der Waals surface area contributed by atoms with Crippen LogP contribution < -0.4 is 11.5 Å². The van der Waals surface area contributed by atoms with Crippen LogP contribution in [0.2, 0.25) is 0 Å². The van der Waals surface area contributed by atoms with E-state index in [2.05, 4.69) is 26.3 Å². The fourth-order valence-corrected chi connectivity index (χ4v) is 2.15. The highest BCUT2D eigenvalue weighted by atomic mass is 16.3. The van der Waals surface area contributed by atoms with Crippen molar-refractivity contribution >= 4 is 0 Å². The first-order valence-electron chi connectivity index (χ1n) is 5.98. The molecule has 0 bridgehead atoms. The summed E-state index contributed by atoms with van der Waals surface area (Å²) in [5.41, 5.74) is 7.97. The first kappa shape index (κ1) is 18.7. The van der Waals surface area contributed by atoms with E-state index in [1.807, 2.05) is 0 Å². The highest BCUT2D eigenvalue weighted by Crippen LogP contribution is 2.33. The lowest BCUT2D eigenvalue weighted by atomic mass is 9.64. The molecule has 0 aromatic carbocycles. The van der Waals surface area contributed by atoms with Crippen molar-refractivity contribution in [3.8, 4) is 0 Å². The molecule has 6 nitrogen and oxygen atoms in total. The van der Waals surface area contributed by atoms with Crippen molar-refractivity contribution in [2.75, 3.05) is 0 Å². The van der Waals surface area contributed by atoms with Gasteiger partial charge in [0.05, 0.1) is 35.5 Å². The van der Waals surface area contributed by atoms with Crippen LogP contribution in [0.4, 0.5) is 0 Å². The average molecular weight is 284 g/mol. The zero-order valence-corrected chi connectivity index (χ0v) is 11.4. The van der Waals surface area contributed by atoms with Crippen LogP contribution in [-0.2, 0) is 0 Å². The Morgan fingerprint density at radius 1 is 0.600 bits per heavy atom. The summed E-state index contributed by atoms with van der Waals surface area (Å²) in [6, 6.07) is 0. The van der Waals surface area contributed by atoms with Gasteiger partial charge >= 0.3 is 0 Å². The van der Waals surface area contributed by atoms with Gasteiger partial charge in [-0.3, -0.25) is 0 Å². The summed E-state index contributed by atoms with van der Waals surface area (Å²) in [5, 5.41) is 40.3. The van der Waals surface area contributed by atoms with Crippen molar-refractivity contribution in [2.45, 2.75) is 35.5 Å². The van der Waals surface area contributed by atoms with E-state index >= 15 is 0 Å². The molecule has 0 aliphatic carbocycles. The number of nitrogens with two attached hydrogens (primary N) is 2. The first-order valence-corrected chi connectivity index (χ1v) is 5.98. The van der Waals surface area contributed by atoms with E-state index in [0.717, 1.165) is 24.3 Å². The highest BCUT2D eigenvalue weighted by Gasteiger charge is 2.60. The summed E-state index contributed by atoms with van der Waals surface area (Å²) < 4.78 is 0. The van der Waals surface area contributed by atoms with Gasteiger partial charge in [0.25, 0.3) is 0 Å². The molecule has 0 heterocycles. The van der Waals surface area contributed by atoms with Crippen LogP contribution in [0.25, 0.3) is 0 Å². The van der Waals surface area contributed by atoms with E-state index in [4.69, 9.17) is 11.5 Å². The zero-order valence-electron chi connectivity index (χ0n) is 11.4. The first-order chi connectivity index (χ1) is 9.18. The summed E-state index contributed by atoms with van der Waals surface area (Å²) in [6.45, 7) is 13.5. The van der Waals surface area contributed by atoms with E-state index in [9.17, 15) is 20.4 Å². The van der Waals surface area contributed by atoms with Gasteiger partial charge in [-0.15, -0.1) is 26.3 Å². The molecule has 0 radical (unpaired) electrons. The molecular weight excluding hydrogens is 260 g/mol. The van der Waals surface area contributed by atoms with Crippen LogP contribution in [0.15, 0.2) is 50.6 Å². The van der Waals surface area contributed by atoms with Gasteiger partial charge in [0.1, 0.15) is 0 Å². The largest absolute Gasteiger partial charge is 0.387 e. The summed E-state index contributed by atoms with van der Waals surface area (Å²) in [4.78, 5) is 0. The number of aliphatic hydroxyl groups excluding tert-OH is 4. The van der Waals surface area contributed by atoms with Gasteiger partial charge in [-0.25, -0.2) is 0 Å². The summed E-state index contributed by atoms with van der Waals surface area (Å²) in [5.74, 6) is 0. The number of hydrogen-bond acceptors (Lipinski definition) is 6. The second kappa shape index (κ2) is 6.94. The highest BCUT2D eigenvalue weighted by molar-refractivity contribution is 5.29. The van der Waals surface area contributed by atoms with Gasteiger partial charge in [0, 0.05) is 0 Å². The quantitative estimate of drug-likeness (QED) is 0.288. The molecule has 0 aliphatic rings. The van der Waals surface area contributed by atoms with Crippen molar-refractivity contribution in [2.24, 2.45) is 11.5 Å². The van der Waals surface area contributed by atoms with Crippen molar-refractivity contribution in [1.82, 2.24) is 0 Å². The molecule has 0 aliphatic heterocycles. The molecule has 0 saturated heterocycles. The standard InChI is InChI=1S/C14H24N2O4/c1-5-9(17)13(15,10(18)6-2)14(16,11(19)7-3)12(20)8-4/h5-12,17-20H,1-4,15-16H2. The number of rotatable bonds is 9. The predicted octanol–water partition coefficient (Wildman–Crippen LogP) is -1.43. The Hall–Kier alpha value is -1.28. The van der Waals surface area contributed by atoms with Gasteiger partial charge in [-0.05, 0) is 0 Å². The molecule has 0 spiro atoms. The zero-order chi connectivity index (χ0) is 16.1. The van der Waals surface area contributed by atoms with Crippen LogP contribution >= 0.6 is 0 Å². The van der Waals surface area contributed by atoms with Crippen LogP contribution in [-0.4, -0.2) is 55.9 Å². The van der Waals surface area contributed by atoms with E-state index < -0.39 is 35.5 Å². The Bertz CT molecular complexity index is 319. The Labute approximate surface area is 119 Å². The van der Waals surface area contributed by atoms with Gasteiger partial charge in [0.2, 0.25) is 0 Å². The van der Waals surface area contributed by atoms with Crippen LogP contribution in [0, 0.1) is 0 Å². The van der Waals surface area contributed by atoms with Gasteiger partial charge in [0.15, 0.2) is 0 Å². The molecule has 0 fully saturated rings. The molecule has 6 heteroatoms. The Balaban J connectivity index is 6.28. The van der Waals surface area contributed by atoms with E-state index in [1.165, 1.54) is 0 Å². The molecule has 8 N–H and O–H groups in total. The molecule has 0 amide bonds. The third kappa shape index (κ3) is 2.62. The minimum absolute atomic E-state index is 1.04. The molecule has 114 valence electrons. The minimum Gasteiger partial charge on any atom is -0.387 e. The van der Waals surface area contributed by atoms with Crippen molar-refractivity contribution in [3.05, 3.63) is 50.6 Å². The molecule has 0 aromatic rings. The third-order valence-corrected chi connectivity index (χ3v) is 3.60. The van der Waals surface area contributed by atoms with Crippen molar-refractivity contribution in [3.63, 3.8) is 0 Å². The molecule has 20 heavy (non-hydrogen) atoms. The Morgan fingerprint density at radius 3 is 0.850 bits per heavy atom. The minimum atomic E-state index is -2.07. The summed E-state index contributed by atoms with van der Waals surface area (Å²) in [6.07, 6.45) is -1.98. The van der Waals surface area contributed by atoms with Gasteiger partial charge < -0.3 is 31.9 Å². The third-order valence-electron chi connectivity index (χ3n) is 3.60.